The van der Waals surface area contributed by atoms with Crippen LogP contribution < -0.4 is 5.32 Å². The minimum Gasteiger partial charge on any atom is -0.318 e. The molecule has 0 bridgehead atoms. The summed E-state index contributed by atoms with van der Waals surface area (Å²) in [5.41, 5.74) is -0.466. The van der Waals surface area contributed by atoms with Gasteiger partial charge in [-0.1, -0.05) is 13.0 Å². The zero-order chi connectivity index (χ0) is 13.9. The van der Waals surface area contributed by atoms with Gasteiger partial charge in [-0.3, -0.25) is 14.9 Å². The van der Waals surface area contributed by atoms with Gasteiger partial charge in [-0.05, 0) is 12.5 Å². The third-order valence-electron chi connectivity index (χ3n) is 2.21. The molecular formula is C10H9F3N2O3. The van der Waals surface area contributed by atoms with Crippen molar-refractivity contribution in [2.45, 2.75) is 19.5 Å². The normalized spacial score (nSPS) is 11.1. The number of benzene rings is 1. The van der Waals surface area contributed by atoms with E-state index < -0.39 is 17.0 Å². The highest BCUT2D eigenvalue weighted by molar-refractivity contribution is 5.96. The van der Waals surface area contributed by atoms with Crippen molar-refractivity contribution < 1.29 is 22.9 Å². The van der Waals surface area contributed by atoms with E-state index in [0.717, 1.165) is 0 Å². The number of hydrogen-bond acceptors (Lipinski definition) is 3. The lowest BCUT2D eigenvalue weighted by molar-refractivity contribution is -0.385. The van der Waals surface area contributed by atoms with E-state index in [4.69, 9.17) is 0 Å². The Morgan fingerprint density at radius 3 is 2.50 bits per heavy atom. The fraction of sp³-hybridized carbons (Fsp3) is 0.300. The topological polar surface area (TPSA) is 72.2 Å². The molecule has 0 aromatic heterocycles. The molecule has 0 spiro atoms. The number of alkyl halides is 3. The van der Waals surface area contributed by atoms with Crippen LogP contribution in [-0.2, 0) is 11.2 Å². The van der Waals surface area contributed by atoms with Crippen LogP contribution in [0.2, 0.25) is 0 Å². The molecule has 0 aliphatic carbocycles. The maximum atomic E-state index is 12.1. The summed E-state index contributed by atoms with van der Waals surface area (Å²) >= 11 is 0. The van der Waals surface area contributed by atoms with Gasteiger partial charge in [0.1, 0.15) is 0 Å². The average Bonchev–Trinajstić information content (AvgIpc) is 2.27. The van der Waals surface area contributed by atoms with Crippen LogP contribution in [0.25, 0.3) is 0 Å². The van der Waals surface area contributed by atoms with E-state index in [2.05, 4.69) is 0 Å². The quantitative estimate of drug-likeness (QED) is 0.672. The van der Waals surface area contributed by atoms with E-state index in [1.54, 1.807) is 12.2 Å². The standard InChI is InChI=1S/C10H9F3N2O3/c1-2-6-7(14-9(16)10(11,12)13)4-3-5-8(6)15(17)18/h3-5H,2H2,1H3,(H,14,16). The third-order valence-corrected chi connectivity index (χ3v) is 2.21. The maximum absolute atomic E-state index is 12.1. The molecule has 0 fully saturated rings. The molecule has 0 saturated heterocycles. The number of rotatable bonds is 3. The van der Waals surface area contributed by atoms with Crippen molar-refractivity contribution in [2.24, 2.45) is 0 Å². The number of nitrogens with zero attached hydrogens (tertiary/aromatic N) is 1. The molecule has 1 rings (SSSR count). The third kappa shape index (κ3) is 2.96. The van der Waals surface area contributed by atoms with Crippen molar-refractivity contribution in [2.75, 3.05) is 5.32 Å². The number of carbonyl (C=O) groups excluding carboxylic acids is 1. The van der Waals surface area contributed by atoms with Crippen LogP contribution in [0.5, 0.6) is 0 Å². The van der Waals surface area contributed by atoms with Crippen LogP contribution in [0.1, 0.15) is 12.5 Å². The average molecular weight is 262 g/mol. The summed E-state index contributed by atoms with van der Waals surface area (Å²) in [6.07, 6.45) is -4.90. The van der Waals surface area contributed by atoms with E-state index >= 15 is 0 Å². The van der Waals surface area contributed by atoms with E-state index in [9.17, 15) is 28.1 Å². The zero-order valence-corrected chi connectivity index (χ0v) is 9.25. The molecule has 0 heterocycles. The Bertz CT molecular complexity index is 486. The number of anilines is 1. The van der Waals surface area contributed by atoms with Crippen LogP contribution in [0, 0.1) is 10.1 Å². The first-order valence-electron chi connectivity index (χ1n) is 4.91. The van der Waals surface area contributed by atoms with E-state index in [1.165, 1.54) is 18.2 Å². The van der Waals surface area contributed by atoms with Crippen LogP contribution in [0.15, 0.2) is 18.2 Å². The van der Waals surface area contributed by atoms with Gasteiger partial charge < -0.3 is 5.32 Å². The highest BCUT2D eigenvalue weighted by atomic mass is 19.4. The Morgan fingerprint density at radius 2 is 2.06 bits per heavy atom. The lowest BCUT2D eigenvalue weighted by Gasteiger charge is -2.11. The fourth-order valence-electron chi connectivity index (χ4n) is 1.43. The Kier molecular flexibility index (Phi) is 3.89. The molecule has 1 aromatic rings. The largest absolute Gasteiger partial charge is 0.471 e. The van der Waals surface area contributed by atoms with E-state index in [0.29, 0.717) is 0 Å². The van der Waals surface area contributed by atoms with Gasteiger partial charge in [0.2, 0.25) is 0 Å². The number of nitrogens with one attached hydrogen (secondary N) is 1. The molecule has 98 valence electrons. The maximum Gasteiger partial charge on any atom is 0.471 e. The van der Waals surface area contributed by atoms with Crippen LogP contribution in [-0.4, -0.2) is 17.0 Å². The number of nitro groups is 1. The summed E-state index contributed by atoms with van der Waals surface area (Å²) in [7, 11) is 0. The molecule has 0 aliphatic rings. The summed E-state index contributed by atoms with van der Waals surface area (Å²) in [6, 6.07) is 3.57. The molecule has 18 heavy (non-hydrogen) atoms. The molecule has 0 atom stereocenters. The van der Waals surface area contributed by atoms with Gasteiger partial charge in [0.25, 0.3) is 5.69 Å². The van der Waals surface area contributed by atoms with Gasteiger partial charge in [0, 0.05) is 6.07 Å². The Labute approximate surface area is 99.8 Å². The molecule has 0 unspecified atom stereocenters. The summed E-state index contributed by atoms with van der Waals surface area (Å²) in [4.78, 5) is 20.8. The Hall–Kier alpha value is -2.12. The van der Waals surface area contributed by atoms with Gasteiger partial charge >= 0.3 is 12.1 Å². The number of nitro benzene ring substituents is 1. The second-order valence-electron chi connectivity index (χ2n) is 3.37. The fourth-order valence-corrected chi connectivity index (χ4v) is 1.43. The molecule has 5 nitrogen and oxygen atoms in total. The van der Waals surface area contributed by atoms with Gasteiger partial charge in [-0.2, -0.15) is 13.2 Å². The molecule has 1 amide bonds. The molecule has 0 radical (unpaired) electrons. The van der Waals surface area contributed by atoms with Gasteiger partial charge in [0.05, 0.1) is 16.2 Å². The summed E-state index contributed by atoms with van der Waals surface area (Å²) < 4.78 is 36.3. The molecule has 0 aliphatic heterocycles. The van der Waals surface area contributed by atoms with Crippen LogP contribution >= 0.6 is 0 Å². The highest BCUT2D eigenvalue weighted by Crippen LogP contribution is 2.28. The van der Waals surface area contributed by atoms with Crippen LogP contribution in [0.3, 0.4) is 0 Å². The molecule has 1 aromatic carbocycles. The predicted molar refractivity (Wildman–Crippen MR) is 57.2 cm³/mol. The lowest BCUT2D eigenvalue weighted by Crippen LogP contribution is -2.30. The second-order valence-corrected chi connectivity index (χ2v) is 3.37. The van der Waals surface area contributed by atoms with Crippen molar-refractivity contribution in [1.29, 1.82) is 0 Å². The first-order valence-corrected chi connectivity index (χ1v) is 4.91. The highest BCUT2D eigenvalue weighted by Gasteiger charge is 2.39. The molecule has 1 N–H and O–H groups in total. The number of halogens is 3. The first-order chi connectivity index (χ1) is 8.27. The summed E-state index contributed by atoms with van der Waals surface area (Å²) in [5.74, 6) is -2.15. The minimum atomic E-state index is -5.03. The van der Waals surface area contributed by atoms with Crippen molar-refractivity contribution in [1.82, 2.24) is 0 Å². The van der Waals surface area contributed by atoms with E-state index in [1.807, 2.05) is 0 Å². The Balaban J connectivity index is 3.14. The van der Waals surface area contributed by atoms with Crippen molar-refractivity contribution >= 4 is 17.3 Å². The Morgan fingerprint density at radius 1 is 1.44 bits per heavy atom. The molecule has 0 saturated carbocycles. The molecular weight excluding hydrogens is 253 g/mol. The number of carbonyl (C=O) groups is 1. The molecule has 8 heteroatoms. The minimum absolute atomic E-state index is 0.0556. The first kappa shape index (κ1) is 13.9. The van der Waals surface area contributed by atoms with E-state index in [-0.39, 0.29) is 23.4 Å². The van der Waals surface area contributed by atoms with Gasteiger partial charge in [-0.15, -0.1) is 0 Å². The monoisotopic (exact) mass is 262 g/mol. The number of amides is 1. The zero-order valence-electron chi connectivity index (χ0n) is 9.25. The summed E-state index contributed by atoms with van der Waals surface area (Å²) in [5, 5.41) is 12.3. The number of hydrogen-bond donors (Lipinski definition) is 1. The predicted octanol–water partition coefficient (Wildman–Crippen LogP) is 2.66. The summed E-state index contributed by atoms with van der Waals surface area (Å²) in [6.45, 7) is 1.55. The second kappa shape index (κ2) is 5.03. The van der Waals surface area contributed by atoms with Crippen molar-refractivity contribution in [3.05, 3.63) is 33.9 Å². The van der Waals surface area contributed by atoms with Crippen LogP contribution in [0.4, 0.5) is 24.5 Å². The van der Waals surface area contributed by atoms with Gasteiger partial charge in [-0.25, -0.2) is 0 Å². The van der Waals surface area contributed by atoms with Gasteiger partial charge in [0.15, 0.2) is 0 Å². The lowest BCUT2D eigenvalue weighted by atomic mass is 10.1. The van der Waals surface area contributed by atoms with Crippen molar-refractivity contribution in [3.8, 4) is 0 Å². The smallest absolute Gasteiger partial charge is 0.318 e. The SMILES string of the molecule is CCc1c(NC(=O)C(F)(F)F)cccc1[N+](=O)[O-]. The van der Waals surface area contributed by atoms with Crippen molar-refractivity contribution in [3.63, 3.8) is 0 Å².